The van der Waals surface area contributed by atoms with Crippen LogP contribution < -0.4 is 16.0 Å². The number of para-hydroxylation sites is 1. The molecule has 0 aliphatic carbocycles. The number of aliphatic imine (C=N–C) groups is 1. The van der Waals surface area contributed by atoms with Crippen LogP contribution in [0.5, 0.6) is 0 Å². The van der Waals surface area contributed by atoms with E-state index in [4.69, 9.17) is 10.5 Å². The maximum atomic E-state index is 11.8. The first-order valence-electron chi connectivity index (χ1n) is 10.5. The van der Waals surface area contributed by atoms with Gasteiger partial charge in [-0.15, -0.1) is 0 Å². The topological polar surface area (TPSA) is 83.2 Å². The molecule has 0 atom stereocenters. The van der Waals surface area contributed by atoms with Crippen LogP contribution in [0.2, 0.25) is 0 Å². The summed E-state index contributed by atoms with van der Waals surface area (Å²) in [4.78, 5) is 20.6. The number of anilines is 1. The molecule has 3 rings (SSSR count). The van der Waals surface area contributed by atoms with Gasteiger partial charge in [-0.2, -0.15) is 0 Å². The number of hydrogen-bond acceptors (Lipinski definition) is 4. The molecular formula is C21H33N5O2. The average Bonchev–Trinajstić information content (AvgIpc) is 2.74. The van der Waals surface area contributed by atoms with Crippen molar-refractivity contribution in [2.24, 2.45) is 10.7 Å². The van der Waals surface area contributed by atoms with Crippen LogP contribution in [0.4, 0.5) is 10.5 Å². The van der Waals surface area contributed by atoms with Gasteiger partial charge in [0.15, 0.2) is 5.96 Å². The second-order valence-electron chi connectivity index (χ2n) is 7.48. The number of benzene rings is 1. The summed E-state index contributed by atoms with van der Waals surface area (Å²) in [5, 5.41) is 3.31. The van der Waals surface area contributed by atoms with Gasteiger partial charge in [-0.25, -0.2) is 9.79 Å². The van der Waals surface area contributed by atoms with Crippen LogP contribution in [0.15, 0.2) is 29.3 Å². The minimum Gasteiger partial charge on any atom is -0.450 e. The van der Waals surface area contributed by atoms with Gasteiger partial charge in [0.25, 0.3) is 0 Å². The van der Waals surface area contributed by atoms with Crippen molar-refractivity contribution in [3.8, 4) is 0 Å². The van der Waals surface area contributed by atoms with Crippen molar-refractivity contribution in [2.75, 3.05) is 37.7 Å². The third kappa shape index (κ3) is 5.53. The number of hydrogen-bond donors (Lipinski definition) is 2. The molecule has 1 amide bonds. The lowest BCUT2D eigenvalue weighted by atomic mass is 10.1. The predicted octanol–water partition coefficient (Wildman–Crippen LogP) is 2.70. The number of carbonyl (C=O) groups is 1. The molecule has 2 saturated heterocycles. The molecule has 28 heavy (non-hydrogen) atoms. The first kappa shape index (κ1) is 20.3. The maximum Gasteiger partial charge on any atom is 0.409 e. The van der Waals surface area contributed by atoms with E-state index >= 15 is 0 Å². The van der Waals surface area contributed by atoms with Crippen molar-refractivity contribution in [3.05, 3.63) is 29.8 Å². The fraction of sp³-hybridized carbons (Fsp3) is 0.619. The highest BCUT2D eigenvalue weighted by Crippen LogP contribution is 2.24. The Kier molecular flexibility index (Phi) is 7.39. The molecule has 154 valence electrons. The minimum atomic E-state index is -0.225. The number of nitrogens with two attached hydrogens (primary N) is 1. The van der Waals surface area contributed by atoms with Crippen LogP contribution in [0.1, 0.15) is 44.6 Å². The molecule has 0 bridgehead atoms. The molecule has 0 spiro atoms. The highest BCUT2D eigenvalue weighted by atomic mass is 16.6. The Morgan fingerprint density at radius 1 is 1.18 bits per heavy atom. The van der Waals surface area contributed by atoms with Crippen molar-refractivity contribution in [3.63, 3.8) is 0 Å². The molecule has 3 N–H and O–H groups in total. The minimum absolute atomic E-state index is 0.225. The van der Waals surface area contributed by atoms with Gasteiger partial charge in [-0.05, 0) is 50.7 Å². The van der Waals surface area contributed by atoms with Gasteiger partial charge in [-0.3, -0.25) is 0 Å². The SMILES string of the molecule is CCOC(=O)N1CCC(NC(N)=NCc2ccccc2N2CCCCC2)CC1. The molecule has 2 fully saturated rings. The monoisotopic (exact) mass is 387 g/mol. The fourth-order valence-electron chi connectivity index (χ4n) is 3.93. The summed E-state index contributed by atoms with van der Waals surface area (Å²) >= 11 is 0. The van der Waals surface area contributed by atoms with E-state index in [1.54, 1.807) is 4.90 Å². The smallest absolute Gasteiger partial charge is 0.409 e. The molecule has 1 aromatic rings. The third-order valence-corrected chi connectivity index (χ3v) is 5.48. The number of amides is 1. The van der Waals surface area contributed by atoms with Crippen molar-refractivity contribution in [1.29, 1.82) is 0 Å². The first-order chi connectivity index (χ1) is 13.7. The van der Waals surface area contributed by atoms with Crippen molar-refractivity contribution in [1.82, 2.24) is 10.2 Å². The Labute approximate surface area is 167 Å². The highest BCUT2D eigenvalue weighted by molar-refractivity contribution is 5.78. The summed E-state index contributed by atoms with van der Waals surface area (Å²) in [5.41, 5.74) is 8.64. The van der Waals surface area contributed by atoms with Gasteiger partial charge in [0.1, 0.15) is 0 Å². The molecule has 7 heteroatoms. The van der Waals surface area contributed by atoms with Crippen LogP contribution in [-0.2, 0) is 11.3 Å². The molecule has 0 radical (unpaired) electrons. The maximum absolute atomic E-state index is 11.8. The Hall–Kier alpha value is -2.44. The van der Waals surface area contributed by atoms with E-state index in [9.17, 15) is 4.79 Å². The number of nitrogens with zero attached hydrogens (tertiary/aromatic N) is 3. The number of piperidine rings is 2. The van der Waals surface area contributed by atoms with Gasteiger partial charge in [0.2, 0.25) is 0 Å². The Balaban J connectivity index is 1.51. The first-order valence-corrected chi connectivity index (χ1v) is 10.5. The van der Waals surface area contributed by atoms with E-state index in [0.717, 1.165) is 25.9 Å². The summed E-state index contributed by atoms with van der Waals surface area (Å²) in [7, 11) is 0. The van der Waals surface area contributed by atoms with E-state index in [1.165, 1.54) is 30.5 Å². The Morgan fingerprint density at radius 2 is 1.89 bits per heavy atom. The number of ether oxygens (including phenoxy) is 1. The molecule has 7 nitrogen and oxygen atoms in total. The summed E-state index contributed by atoms with van der Waals surface area (Å²) < 4.78 is 5.06. The number of nitrogens with one attached hydrogen (secondary N) is 1. The van der Waals surface area contributed by atoms with E-state index in [2.05, 4.69) is 39.5 Å². The number of carbonyl (C=O) groups excluding carboxylic acids is 1. The van der Waals surface area contributed by atoms with E-state index in [-0.39, 0.29) is 12.1 Å². The summed E-state index contributed by atoms with van der Waals surface area (Å²) in [6, 6.07) is 8.72. The summed E-state index contributed by atoms with van der Waals surface area (Å²) in [5.74, 6) is 0.475. The molecule has 0 unspecified atom stereocenters. The van der Waals surface area contributed by atoms with Crippen LogP contribution in [0.3, 0.4) is 0 Å². The second-order valence-corrected chi connectivity index (χ2v) is 7.48. The second kappa shape index (κ2) is 10.2. The Bertz CT molecular complexity index is 665. The van der Waals surface area contributed by atoms with Crippen LogP contribution >= 0.6 is 0 Å². The molecule has 2 heterocycles. The van der Waals surface area contributed by atoms with Crippen LogP contribution in [0, 0.1) is 0 Å². The molecule has 0 saturated carbocycles. The number of likely N-dealkylation sites (tertiary alicyclic amines) is 1. The summed E-state index contributed by atoms with van der Waals surface area (Å²) in [6.07, 6.45) is 5.30. The largest absolute Gasteiger partial charge is 0.450 e. The standard InChI is InChI=1S/C21H33N5O2/c1-2-28-21(27)26-14-10-18(11-15-26)24-20(22)23-16-17-8-4-5-9-19(17)25-12-6-3-7-13-25/h4-5,8-9,18H,2-3,6-7,10-16H2,1H3,(H3,22,23,24). The van der Waals surface area contributed by atoms with Crippen LogP contribution in [0.25, 0.3) is 0 Å². The normalized spacial score (nSPS) is 18.8. The third-order valence-electron chi connectivity index (χ3n) is 5.48. The van der Waals surface area contributed by atoms with Crippen molar-refractivity contribution < 1.29 is 9.53 Å². The van der Waals surface area contributed by atoms with Gasteiger partial charge in [-0.1, -0.05) is 18.2 Å². The fourth-order valence-corrected chi connectivity index (χ4v) is 3.93. The Morgan fingerprint density at radius 3 is 2.61 bits per heavy atom. The molecule has 0 aromatic heterocycles. The quantitative estimate of drug-likeness (QED) is 0.600. The van der Waals surface area contributed by atoms with Gasteiger partial charge in [0, 0.05) is 37.9 Å². The van der Waals surface area contributed by atoms with Gasteiger partial charge < -0.3 is 25.6 Å². The van der Waals surface area contributed by atoms with Crippen molar-refractivity contribution >= 4 is 17.7 Å². The molecule has 1 aromatic carbocycles. The summed E-state index contributed by atoms with van der Waals surface area (Å²) in [6.45, 7) is 6.42. The van der Waals surface area contributed by atoms with E-state index in [1.807, 2.05) is 6.92 Å². The lowest BCUT2D eigenvalue weighted by Crippen LogP contribution is -2.48. The van der Waals surface area contributed by atoms with Crippen LogP contribution in [-0.4, -0.2) is 55.8 Å². The zero-order valence-electron chi connectivity index (χ0n) is 16.9. The average molecular weight is 388 g/mol. The van der Waals surface area contributed by atoms with E-state index < -0.39 is 0 Å². The molecule has 2 aliphatic rings. The highest BCUT2D eigenvalue weighted by Gasteiger charge is 2.23. The van der Waals surface area contributed by atoms with Crippen molar-refractivity contribution in [2.45, 2.75) is 51.6 Å². The molecule has 2 aliphatic heterocycles. The number of guanidine groups is 1. The predicted molar refractivity (Wildman–Crippen MR) is 113 cm³/mol. The van der Waals surface area contributed by atoms with E-state index in [0.29, 0.717) is 32.2 Å². The zero-order valence-corrected chi connectivity index (χ0v) is 16.9. The number of rotatable bonds is 5. The van der Waals surface area contributed by atoms with Gasteiger partial charge >= 0.3 is 6.09 Å². The lowest BCUT2D eigenvalue weighted by molar-refractivity contribution is 0.0963. The van der Waals surface area contributed by atoms with Gasteiger partial charge in [0.05, 0.1) is 13.2 Å². The lowest BCUT2D eigenvalue weighted by Gasteiger charge is -2.32. The molecular weight excluding hydrogens is 354 g/mol. The zero-order chi connectivity index (χ0) is 19.8.